The normalized spacial score (nSPS) is 13.4. The van der Waals surface area contributed by atoms with Gasteiger partial charge in [0.05, 0.1) is 12.4 Å². The molecule has 8 heteroatoms. The average Bonchev–Trinajstić information content (AvgIpc) is 2.99. The van der Waals surface area contributed by atoms with Crippen LogP contribution in [-0.4, -0.2) is 45.5 Å². The Balaban J connectivity index is 1.62. The lowest BCUT2D eigenvalue weighted by Crippen LogP contribution is -2.36. The van der Waals surface area contributed by atoms with Crippen molar-refractivity contribution < 1.29 is 14.3 Å². The van der Waals surface area contributed by atoms with Crippen LogP contribution in [0.4, 0.5) is 5.69 Å². The Morgan fingerprint density at radius 2 is 2.08 bits per heavy atom. The van der Waals surface area contributed by atoms with Crippen LogP contribution in [0.3, 0.4) is 0 Å². The van der Waals surface area contributed by atoms with E-state index in [1.807, 2.05) is 23.1 Å². The third-order valence-corrected chi connectivity index (χ3v) is 5.27. The van der Waals surface area contributed by atoms with Crippen molar-refractivity contribution in [2.24, 2.45) is 7.05 Å². The number of aryl methyl sites for hydroxylation is 1. The Morgan fingerprint density at radius 1 is 1.27 bits per heavy atom. The number of hydrogen-bond acceptors (Lipinski definition) is 6. The molecule has 7 nitrogen and oxygen atoms in total. The van der Waals surface area contributed by atoms with Crippen molar-refractivity contribution in [1.82, 2.24) is 14.8 Å². The van der Waals surface area contributed by atoms with Gasteiger partial charge in [-0.05, 0) is 31.4 Å². The van der Waals surface area contributed by atoms with E-state index in [1.54, 1.807) is 18.5 Å². The van der Waals surface area contributed by atoms with Crippen molar-refractivity contribution in [3.05, 3.63) is 35.7 Å². The Labute approximate surface area is 156 Å². The van der Waals surface area contributed by atoms with E-state index in [-0.39, 0.29) is 24.1 Å². The number of ether oxygens (including phenoxy) is 1. The number of amides is 1. The second-order valence-corrected chi connectivity index (χ2v) is 6.95. The van der Waals surface area contributed by atoms with Crippen molar-refractivity contribution in [3.63, 3.8) is 0 Å². The fraction of sp³-hybridized carbons (Fsp3) is 0.444. The summed E-state index contributed by atoms with van der Waals surface area (Å²) < 4.78 is 6.67. The fourth-order valence-electron chi connectivity index (χ4n) is 2.96. The molecule has 0 N–H and O–H groups in total. The van der Waals surface area contributed by atoms with E-state index in [1.165, 1.54) is 17.3 Å². The molecule has 3 rings (SSSR count). The number of aromatic nitrogens is 3. The van der Waals surface area contributed by atoms with E-state index >= 15 is 0 Å². The SMILES string of the molecule is CCOC(=O)Cc1nnc(SCC(=O)N2CCCc3ccccc32)n1C. The van der Waals surface area contributed by atoms with Gasteiger partial charge in [-0.25, -0.2) is 0 Å². The standard InChI is InChI=1S/C18H22N4O3S/c1-3-25-17(24)11-15-19-20-18(21(15)2)26-12-16(23)22-10-6-8-13-7-4-5-9-14(13)22/h4-5,7,9H,3,6,8,10-12H2,1-2H3. The third kappa shape index (κ3) is 4.07. The molecule has 2 aromatic rings. The average molecular weight is 374 g/mol. The number of thioether (sulfide) groups is 1. The number of carbonyl (C=O) groups excluding carboxylic acids is 2. The van der Waals surface area contributed by atoms with Gasteiger partial charge >= 0.3 is 5.97 Å². The molecular weight excluding hydrogens is 352 g/mol. The number of benzene rings is 1. The van der Waals surface area contributed by atoms with E-state index in [2.05, 4.69) is 16.3 Å². The van der Waals surface area contributed by atoms with Crippen LogP contribution in [0.1, 0.15) is 24.7 Å². The molecular formula is C18H22N4O3S. The molecule has 0 saturated heterocycles. The van der Waals surface area contributed by atoms with Gasteiger partial charge in [0.2, 0.25) is 5.91 Å². The zero-order valence-corrected chi connectivity index (χ0v) is 15.8. The van der Waals surface area contributed by atoms with Crippen LogP contribution in [0.2, 0.25) is 0 Å². The van der Waals surface area contributed by atoms with Gasteiger partial charge in [-0.2, -0.15) is 0 Å². The molecule has 0 bridgehead atoms. The van der Waals surface area contributed by atoms with Gasteiger partial charge in [0.1, 0.15) is 12.2 Å². The number of hydrogen-bond donors (Lipinski definition) is 0. The molecule has 0 unspecified atom stereocenters. The quantitative estimate of drug-likeness (QED) is 0.568. The number of para-hydroxylation sites is 1. The Hall–Kier alpha value is -2.35. The summed E-state index contributed by atoms with van der Waals surface area (Å²) in [6.45, 7) is 2.84. The van der Waals surface area contributed by atoms with Gasteiger partial charge in [-0.15, -0.1) is 10.2 Å². The molecule has 0 aliphatic carbocycles. The number of carbonyl (C=O) groups is 2. The molecule has 1 amide bonds. The Kier molecular flexibility index (Phi) is 5.92. The van der Waals surface area contributed by atoms with E-state index in [9.17, 15) is 9.59 Å². The second kappa shape index (κ2) is 8.35. The highest BCUT2D eigenvalue weighted by molar-refractivity contribution is 7.99. The highest BCUT2D eigenvalue weighted by atomic mass is 32.2. The zero-order chi connectivity index (χ0) is 18.5. The summed E-state index contributed by atoms with van der Waals surface area (Å²) in [6.07, 6.45) is 2.06. The lowest BCUT2D eigenvalue weighted by Gasteiger charge is -2.29. The molecule has 0 saturated carbocycles. The largest absolute Gasteiger partial charge is 0.466 e. The fourth-order valence-corrected chi connectivity index (χ4v) is 3.77. The molecule has 0 radical (unpaired) electrons. The van der Waals surface area contributed by atoms with Crippen LogP contribution in [0.15, 0.2) is 29.4 Å². The predicted molar refractivity (Wildman–Crippen MR) is 99.2 cm³/mol. The summed E-state index contributed by atoms with van der Waals surface area (Å²) in [4.78, 5) is 26.1. The lowest BCUT2D eigenvalue weighted by molar-refractivity contribution is -0.142. The third-order valence-electron chi connectivity index (χ3n) is 4.27. The van der Waals surface area contributed by atoms with Crippen molar-refractivity contribution in [3.8, 4) is 0 Å². The molecule has 138 valence electrons. The first-order chi connectivity index (χ1) is 12.6. The number of esters is 1. The molecule has 0 spiro atoms. The highest BCUT2D eigenvalue weighted by Crippen LogP contribution is 2.28. The van der Waals surface area contributed by atoms with Gasteiger partial charge in [-0.3, -0.25) is 9.59 Å². The van der Waals surface area contributed by atoms with Crippen molar-refractivity contribution in [2.45, 2.75) is 31.3 Å². The Bertz CT molecular complexity index is 805. The first-order valence-electron chi connectivity index (χ1n) is 8.65. The molecule has 1 aromatic carbocycles. The van der Waals surface area contributed by atoms with Gasteiger partial charge in [-0.1, -0.05) is 30.0 Å². The summed E-state index contributed by atoms with van der Waals surface area (Å²) in [6, 6.07) is 8.04. The molecule has 0 fully saturated rings. The Morgan fingerprint density at radius 3 is 2.88 bits per heavy atom. The van der Waals surface area contributed by atoms with Crippen molar-refractivity contribution >= 4 is 29.3 Å². The minimum Gasteiger partial charge on any atom is -0.466 e. The van der Waals surface area contributed by atoms with Gasteiger partial charge < -0.3 is 14.2 Å². The maximum Gasteiger partial charge on any atom is 0.313 e. The van der Waals surface area contributed by atoms with Crippen LogP contribution in [0, 0.1) is 0 Å². The minimum absolute atomic E-state index is 0.0529. The summed E-state index contributed by atoms with van der Waals surface area (Å²) in [5.41, 5.74) is 2.22. The number of fused-ring (bicyclic) bond motifs is 1. The molecule has 26 heavy (non-hydrogen) atoms. The summed E-state index contributed by atoms with van der Waals surface area (Å²) in [7, 11) is 1.79. The second-order valence-electron chi connectivity index (χ2n) is 6.01. The van der Waals surface area contributed by atoms with Crippen molar-refractivity contribution in [2.75, 3.05) is 23.8 Å². The molecule has 0 atom stereocenters. The molecule has 2 heterocycles. The monoisotopic (exact) mass is 374 g/mol. The first kappa shape index (κ1) is 18.4. The minimum atomic E-state index is -0.333. The van der Waals surface area contributed by atoms with Crippen LogP contribution < -0.4 is 4.90 Å². The first-order valence-corrected chi connectivity index (χ1v) is 9.63. The maximum absolute atomic E-state index is 12.7. The molecule has 1 aliphatic rings. The van der Waals surface area contributed by atoms with Crippen LogP contribution >= 0.6 is 11.8 Å². The van der Waals surface area contributed by atoms with Crippen LogP contribution in [0.5, 0.6) is 0 Å². The number of nitrogens with zero attached hydrogens (tertiary/aromatic N) is 4. The number of anilines is 1. The van der Waals surface area contributed by atoms with E-state index in [0.717, 1.165) is 25.1 Å². The van der Waals surface area contributed by atoms with Gasteiger partial charge in [0, 0.05) is 19.3 Å². The van der Waals surface area contributed by atoms with E-state index in [4.69, 9.17) is 4.74 Å². The summed E-state index contributed by atoms with van der Waals surface area (Å²) >= 11 is 1.33. The summed E-state index contributed by atoms with van der Waals surface area (Å²) in [5, 5.41) is 8.73. The van der Waals surface area contributed by atoms with Crippen LogP contribution in [0.25, 0.3) is 0 Å². The predicted octanol–water partition coefficient (Wildman–Crippen LogP) is 1.99. The van der Waals surface area contributed by atoms with Crippen LogP contribution in [-0.2, 0) is 34.2 Å². The van der Waals surface area contributed by atoms with E-state index < -0.39 is 0 Å². The van der Waals surface area contributed by atoms with E-state index in [0.29, 0.717) is 17.6 Å². The molecule has 1 aromatic heterocycles. The smallest absolute Gasteiger partial charge is 0.313 e. The molecule has 1 aliphatic heterocycles. The maximum atomic E-state index is 12.7. The van der Waals surface area contributed by atoms with Gasteiger partial charge in [0.25, 0.3) is 0 Å². The highest BCUT2D eigenvalue weighted by Gasteiger charge is 2.23. The number of rotatable bonds is 6. The van der Waals surface area contributed by atoms with Crippen molar-refractivity contribution in [1.29, 1.82) is 0 Å². The zero-order valence-electron chi connectivity index (χ0n) is 15.0. The van der Waals surface area contributed by atoms with Gasteiger partial charge in [0.15, 0.2) is 5.16 Å². The lowest BCUT2D eigenvalue weighted by atomic mass is 10.0. The summed E-state index contributed by atoms with van der Waals surface area (Å²) in [5.74, 6) is 0.527. The topological polar surface area (TPSA) is 77.3 Å².